The van der Waals surface area contributed by atoms with Crippen molar-refractivity contribution in [3.8, 4) is 0 Å². The molecule has 2 unspecified atom stereocenters. The van der Waals surface area contributed by atoms with E-state index in [-0.39, 0.29) is 6.10 Å². The maximum Gasteiger partial charge on any atom is 0.0910 e. The fraction of sp³-hybridized carbons (Fsp3) is 0.636. The van der Waals surface area contributed by atoms with Crippen LogP contribution in [0.3, 0.4) is 0 Å². The molecule has 2 rings (SSSR count). The zero-order chi connectivity index (χ0) is 10.3. The molecular formula is C11H15BrOS. The summed E-state index contributed by atoms with van der Waals surface area (Å²) in [5.74, 6) is 1.17. The minimum atomic E-state index is -0.266. The Morgan fingerprint density at radius 3 is 2.64 bits per heavy atom. The molecule has 1 fully saturated rings. The molecule has 1 heterocycles. The molecule has 1 aromatic heterocycles. The van der Waals surface area contributed by atoms with Gasteiger partial charge in [0, 0.05) is 4.88 Å². The third-order valence-electron chi connectivity index (χ3n) is 3.03. The molecule has 1 saturated carbocycles. The quantitative estimate of drug-likeness (QED) is 0.887. The summed E-state index contributed by atoms with van der Waals surface area (Å²) in [5.41, 5.74) is 1.23. The number of hydrogen-bond acceptors (Lipinski definition) is 2. The molecule has 1 aliphatic rings. The fourth-order valence-corrected chi connectivity index (χ4v) is 3.44. The van der Waals surface area contributed by atoms with Crippen molar-refractivity contribution in [2.24, 2.45) is 11.8 Å². The number of hydrogen-bond donors (Lipinski definition) is 1. The first kappa shape index (κ1) is 10.7. The molecule has 1 N–H and O–H groups in total. The minimum absolute atomic E-state index is 0.266. The first-order valence-corrected chi connectivity index (χ1v) is 6.64. The molecular weight excluding hydrogens is 260 g/mol. The zero-order valence-corrected chi connectivity index (χ0v) is 10.9. The highest BCUT2D eigenvalue weighted by Crippen LogP contribution is 2.44. The molecule has 2 atom stereocenters. The summed E-state index contributed by atoms with van der Waals surface area (Å²) >= 11 is 5.16. The van der Waals surface area contributed by atoms with Crippen molar-refractivity contribution < 1.29 is 5.11 Å². The van der Waals surface area contributed by atoms with E-state index in [4.69, 9.17) is 0 Å². The van der Waals surface area contributed by atoms with Crippen LogP contribution in [0, 0.1) is 18.8 Å². The first-order valence-electron chi connectivity index (χ1n) is 5.03. The number of aliphatic hydroxyl groups excluding tert-OH is 1. The highest BCUT2D eigenvalue weighted by Gasteiger charge is 2.33. The second kappa shape index (κ2) is 3.95. The van der Waals surface area contributed by atoms with Crippen LogP contribution in [0.1, 0.15) is 36.3 Å². The third kappa shape index (κ3) is 2.05. The maximum absolute atomic E-state index is 10.1. The Bertz CT molecular complexity index is 311. The van der Waals surface area contributed by atoms with Gasteiger partial charge in [0.15, 0.2) is 0 Å². The summed E-state index contributed by atoms with van der Waals surface area (Å²) in [6.07, 6.45) is 2.32. The number of aryl methyl sites for hydroxylation is 1. The Hall–Kier alpha value is 0.140. The van der Waals surface area contributed by atoms with Crippen LogP contribution in [0.4, 0.5) is 0 Å². The van der Waals surface area contributed by atoms with Crippen LogP contribution >= 0.6 is 27.3 Å². The number of halogens is 1. The molecule has 1 nitrogen and oxygen atoms in total. The summed E-state index contributed by atoms with van der Waals surface area (Å²) in [4.78, 5) is 1.11. The second-order valence-electron chi connectivity index (χ2n) is 4.25. The van der Waals surface area contributed by atoms with Crippen LogP contribution in [0.5, 0.6) is 0 Å². The van der Waals surface area contributed by atoms with Crippen LogP contribution in [-0.2, 0) is 0 Å². The van der Waals surface area contributed by atoms with E-state index in [0.29, 0.717) is 5.92 Å². The standard InChI is InChI=1S/C11H15BrOS/c1-6-5-9(14-11(6)12)10(13)7(2)8-3-4-8/h5,7-8,10,13H,3-4H2,1-2H3. The van der Waals surface area contributed by atoms with Crippen molar-refractivity contribution in [1.82, 2.24) is 0 Å². The molecule has 0 saturated heterocycles. The van der Waals surface area contributed by atoms with E-state index in [2.05, 4.69) is 35.8 Å². The molecule has 3 heteroatoms. The Labute approximate surface area is 97.3 Å². The predicted octanol–water partition coefficient (Wildman–Crippen LogP) is 3.90. The van der Waals surface area contributed by atoms with Crippen molar-refractivity contribution in [3.63, 3.8) is 0 Å². The molecule has 0 radical (unpaired) electrons. The van der Waals surface area contributed by atoms with Gasteiger partial charge < -0.3 is 5.11 Å². The third-order valence-corrected chi connectivity index (χ3v) is 5.24. The Kier molecular flexibility index (Phi) is 3.01. The average molecular weight is 275 g/mol. The average Bonchev–Trinajstić information content (AvgIpc) is 2.93. The van der Waals surface area contributed by atoms with Gasteiger partial charge in [0.1, 0.15) is 0 Å². The van der Waals surface area contributed by atoms with Crippen LogP contribution in [-0.4, -0.2) is 5.11 Å². The minimum Gasteiger partial charge on any atom is -0.387 e. The van der Waals surface area contributed by atoms with Crippen LogP contribution < -0.4 is 0 Å². The van der Waals surface area contributed by atoms with E-state index in [0.717, 1.165) is 14.6 Å². The van der Waals surface area contributed by atoms with E-state index >= 15 is 0 Å². The topological polar surface area (TPSA) is 20.2 Å². The molecule has 14 heavy (non-hydrogen) atoms. The van der Waals surface area contributed by atoms with Gasteiger partial charge in [0.2, 0.25) is 0 Å². The molecule has 0 spiro atoms. The van der Waals surface area contributed by atoms with E-state index in [1.165, 1.54) is 18.4 Å². The van der Waals surface area contributed by atoms with Crippen molar-refractivity contribution in [3.05, 3.63) is 20.3 Å². The highest BCUT2D eigenvalue weighted by molar-refractivity contribution is 9.11. The normalized spacial score (nSPS) is 20.9. The van der Waals surface area contributed by atoms with Gasteiger partial charge in [-0.15, -0.1) is 11.3 Å². The van der Waals surface area contributed by atoms with Gasteiger partial charge in [0.05, 0.1) is 9.89 Å². The molecule has 78 valence electrons. The Balaban J connectivity index is 2.13. The van der Waals surface area contributed by atoms with Gasteiger partial charge in [-0.1, -0.05) is 6.92 Å². The smallest absolute Gasteiger partial charge is 0.0910 e. The molecule has 0 bridgehead atoms. The molecule has 0 amide bonds. The highest BCUT2D eigenvalue weighted by atomic mass is 79.9. The van der Waals surface area contributed by atoms with Crippen LogP contribution in [0.15, 0.2) is 9.85 Å². The van der Waals surface area contributed by atoms with E-state index < -0.39 is 0 Å². The fourth-order valence-electron chi connectivity index (χ4n) is 1.77. The van der Waals surface area contributed by atoms with Crippen molar-refractivity contribution in [1.29, 1.82) is 0 Å². The molecule has 0 aliphatic heterocycles. The van der Waals surface area contributed by atoms with Crippen molar-refractivity contribution in [2.45, 2.75) is 32.8 Å². The van der Waals surface area contributed by atoms with Crippen molar-refractivity contribution in [2.75, 3.05) is 0 Å². The lowest BCUT2D eigenvalue weighted by molar-refractivity contribution is 0.109. The van der Waals surface area contributed by atoms with Crippen LogP contribution in [0.25, 0.3) is 0 Å². The molecule has 1 aliphatic carbocycles. The lowest BCUT2D eigenvalue weighted by Gasteiger charge is -2.16. The monoisotopic (exact) mass is 274 g/mol. The van der Waals surface area contributed by atoms with Gasteiger partial charge in [-0.3, -0.25) is 0 Å². The lowest BCUT2D eigenvalue weighted by atomic mass is 9.98. The Morgan fingerprint density at radius 2 is 2.21 bits per heavy atom. The summed E-state index contributed by atoms with van der Waals surface area (Å²) in [6.45, 7) is 4.23. The lowest BCUT2D eigenvalue weighted by Crippen LogP contribution is -2.09. The first-order chi connectivity index (χ1) is 6.59. The molecule has 1 aromatic rings. The second-order valence-corrected chi connectivity index (χ2v) is 6.65. The van der Waals surface area contributed by atoms with Crippen LogP contribution in [0.2, 0.25) is 0 Å². The predicted molar refractivity (Wildman–Crippen MR) is 63.6 cm³/mol. The molecule has 0 aromatic carbocycles. The maximum atomic E-state index is 10.1. The van der Waals surface area contributed by atoms with Gasteiger partial charge in [-0.25, -0.2) is 0 Å². The number of aliphatic hydroxyl groups is 1. The summed E-state index contributed by atoms with van der Waals surface area (Å²) in [5, 5.41) is 10.1. The SMILES string of the molecule is Cc1cc(C(O)C(C)C2CC2)sc1Br. The van der Waals surface area contributed by atoms with Gasteiger partial charge >= 0.3 is 0 Å². The van der Waals surface area contributed by atoms with E-state index in [1.54, 1.807) is 11.3 Å². The van der Waals surface area contributed by atoms with Gasteiger partial charge in [-0.05, 0) is 59.2 Å². The van der Waals surface area contributed by atoms with Gasteiger partial charge in [-0.2, -0.15) is 0 Å². The largest absolute Gasteiger partial charge is 0.387 e. The van der Waals surface area contributed by atoms with E-state index in [9.17, 15) is 5.11 Å². The number of rotatable bonds is 3. The Morgan fingerprint density at radius 1 is 1.57 bits per heavy atom. The summed E-state index contributed by atoms with van der Waals surface area (Å²) < 4.78 is 1.15. The zero-order valence-electron chi connectivity index (χ0n) is 8.46. The summed E-state index contributed by atoms with van der Waals surface area (Å²) in [6, 6.07) is 2.10. The van der Waals surface area contributed by atoms with Crippen molar-refractivity contribution >= 4 is 27.3 Å². The van der Waals surface area contributed by atoms with Gasteiger partial charge in [0.25, 0.3) is 0 Å². The van der Waals surface area contributed by atoms with E-state index in [1.807, 2.05) is 0 Å². The summed E-state index contributed by atoms with van der Waals surface area (Å²) in [7, 11) is 0. The number of thiophene rings is 1.